The third-order valence-corrected chi connectivity index (χ3v) is 3.95. The zero-order chi connectivity index (χ0) is 13.3. The van der Waals surface area contributed by atoms with Gasteiger partial charge >= 0.3 is 5.97 Å². The summed E-state index contributed by atoms with van der Waals surface area (Å²) in [4.78, 5) is 15.9. The van der Waals surface area contributed by atoms with Gasteiger partial charge in [0.15, 0.2) is 0 Å². The maximum atomic E-state index is 11.7. The van der Waals surface area contributed by atoms with Gasteiger partial charge in [0, 0.05) is 15.2 Å². The van der Waals surface area contributed by atoms with Crippen LogP contribution in [0.4, 0.5) is 0 Å². The molecule has 0 aliphatic heterocycles. The average molecular weight is 396 g/mol. The van der Waals surface area contributed by atoms with Crippen LogP contribution in [0.25, 0.3) is 10.9 Å². The highest BCUT2D eigenvalue weighted by atomic mass is 127. The summed E-state index contributed by atoms with van der Waals surface area (Å²) in [6.07, 6.45) is 1.39. The summed E-state index contributed by atoms with van der Waals surface area (Å²) < 4.78 is 5.81. The van der Waals surface area contributed by atoms with Crippen LogP contribution >= 0.6 is 45.8 Å². The minimum atomic E-state index is -0.479. The Morgan fingerprint density at radius 3 is 2.83 bits per heavy atom. The van der Waals surface area contributed by atoms with Gasteiger partial charge in [0.05, 0.1) is 27.7 Å². The molecule has 0 fully saturated rings. The molecule has 0 aliphatic rings. The van der Waals surface area contributed by atoms with Gasteiger partial charge in [0.1, 0.15) is 0 Å². The van der Waals surface area contributed by atoms with Gasteiger partial charge in [-0.3, -0.25) is 4.98 Å². The molecule has 1 aromatic heterocycles. The van der Waals surface area contributed by atoms with E-state index in [1.54, 1.807) is 13.0 Å². The summed E-state index contributed by atoms with van der Waals surface area (Å²) in [5.74, 6) is -0.479. The van der Waals surface area contributed by atoms with Crippen molar-refractivity contribution in [2.75, 3.05) is 6.61 Å². The van der Waals surface area contributed by atoms with Crippen LogP contribution in [-0.2, 0) is 4.74 Å². The maximum Gasteiger partial charge on any atom is 0.341 e. The number of hydrogen-bond donors (Lipinski definition) is 0. The van der Waals surface area contributed by atoms with Gasteiger partial charge < -0.3 is 4.74 Å². The number of carbonyl (C=O) groups excluding carboxylic acids is 1. The Labute approximate surface area is 128 Å². The van der Waals surface area contributed by atoms with Crippen molar-refractivity contribution >= 4 is 62.7 Å². The normalized spacial score (nSPS) is 10.7. The van der Waals surface area contributed by atoms with Gasteiger partial charge in [-0.2, -0.15) is 0 Å². The summed E-state index contributed by atoms with van der Waals surface area (Å²) in [5, 5.41) is 1.50. The molecule has 18 heavy (non-hydrogen) atoms. The zero-order valence-electron chi connectivity index (χ0n) is 9.34. The molecule has 0 saturated carbocycles. The molecule has 1 aromatic carbocycles. The highest BCUT2D eigenvalue weighted by molar-refractivity contribution is 14.1. The highest BCUT2D eigenvalue weighted by Gasteiger charge is 2.17. The monoisotopic (exact) mass is 395 g/mol. The fraction of sp³-hybridized carbons (Fsp3) is 0.167. The van der Waals surface area contributed by atoms with Crippen molar-refractivity contribution in [2.24, 2.45) is 0 Å². The summed E-state index contributed by atoms with van der Waals surface area (Å²) >= 11 is 14.4. The van der Waals surface area contributed by atoms with Crippen molar-refractivity contribution in [3.05, 3.63) is 37.5 Å². The number of rotatable bonds is 2. The predicted molar refractivity (Wildman–Crippen MR) is 80.4 cm³/mol. The molecule has 0 aliphatic carbocycles. The lowest BCUT2D eigenvalue weighted by molar-refractivity contribution is 0.0526. The number of ether oxygens (including phenoxy) is 1. The van der Waals surface area contributed by atoms with E-state index in [0.29, 0.717) is 27.6 Å². The Bertz CT molecular complexity index is 631. The summed E-state index contributed by atoms with van der Waals surface area (Å²) in [6.45, 7) is 2.03. The van der Waals surface area contributed by atoms with Crippen molar-refractivity contribution < 1.29 is 9.53 Å². The molecule has 0 spiro atoms. The molecule has 6 heteroatoms. The standard InChI is InChI=1S/C12H8Cl2INO2/c1-2-18-12(17)6-5-16-11-7(13)3-4-8(15)9(11)10(6)14/h3-5H,2H2,1H3. The molecule has 1 heterocycles. The average Bonchev–Trinajstić information content (AvgIpc) is 2.34. The quantitative estimate of drug-likeness (QED) is 0.561. The fourth-order valence-electron chi connectivity index (χ4n) is 1.55. The smallest absolute Gasteiger partial charge is 0.341 e. The van der Waals surface area contributed by atoms with Crippen molar-refractivity contribution in [1.29, 1.82) is 0 Å². The van der Waals surface area contributed by atoms with Gasteiger partial charge in [-0.05, 0) is 41.6 Å². The van der Waals surface area contributed by atoms with Crippen LogP contribution in [0.3, 0.4) is 0 Å². The Morgan fingerprint density at radius 2 is 2.17 bits per heavy atom. The lowest BCUT2D eigenvalue weighted by atomic mass is 10.1. The Morgan fingerprint density at radius 1 is 1.44 bits per heavy atom. The predicted octanol–water partition coefficient (Wildman–Crippen LogP) is 4.32. The number of benzene rings is 1. The topological polar surface area (TPSA) is 39.2 Å². The third kappa shape index (κ3) is 2.41. The first-order valence-corrected chi connectivity index (χ1v) is 6.99. The first kappa shape index (κ1) is 13.8. The van der Waals surface area contributed by atoms with Gasteiger partial charge in [-0.1, -0.05) is 23.2 Å². The summed E-state index contributed by atoms with van der Waals surface area (Å²) in [7, 11) is 0. The van der Waals surface area contributed by atoms with Crippen LogP contribution in [0.2, 0.25) is 10.0 Å². The van der Waals surface area contributed by atoms with Gasteiger partial charge in [-0.25, -0.2) is 4.79 Å². The molecule has 0 saturated heterocycles. The van der Waals surface area contributed by atoms with E-state index in [1.165, 1.54) is 6.20 Å². The van der Waals surface area contributed by atoms with Crippen molar-refractivity contribution in [1.82, 2.24) is 4.98 Å². The molecule has 0 atom stereocenters. The van der Waals surface area contributed by atoms with Crippen LogP contribution in [0, 0.1) is 3.57 Å². The minimum Gasteiger partial charge on any atom is -0.462 e. The van der Waals surface area contributed by atoms with Gasteiger partial charge in [0.2, 0.25) is 0 Å². The van der Waals surface area contributed by atoms with E-state index in [1.807, 2.05) is 6.07 Å². The first-order valence-electron chi connectivity index (χ1n) is 5.15. The Balaban J connectivity index is 2.71. The maximum absolute atomic E-state index is 11.7. The Kier molecular flexibility index (Phi) is 4.29. The number of hydrogen-bond acceptors (Lipinski definition) is 3. The van der Waals surface area contributed by atoms with Crippen LogP contribution in [0.1, 0.15) is 17.3 Å². The van der Waals surface area contributed by atoms with E-state index in [4.69, 9.17) is 27.9 Å². The molecule has 3 nitrogen and oxygen atoms in total. The van der Waals surface area contributed by atoms with E-state index < -0.39 is 5.97 Å². The second-order valence-electron chi connectivity index (χ2n) is 3.46. The molecular weight excluding hydrogens is 388 g/mol. The van der Waals surface area contributed by atoms with Crippen LogP contribution in [0.5, 0.6) is 0 Å². The molecule has 2 rings (SSSR count). The summed E-state index contributed by atoms with van der Waals surface area (Å²) in [5.41, 5.74) is 0.841. The zero-order valence-corrected chi connectivity index (χ0v) is 13.0. The molecule has 0 amide bonds. The van der Waals surface area contributed by atoms with Crippen LogP contribution < -0.4 is 0 Å². The minimum absolute atomic E-state index is 0.256. The van der Waals surface area contributed by atoms with Crippen LogP contribution in [0.15, 0.2) is 18.3 Å². The van der Waals surface area contributed by atoms with E-state index in [0.717, 1.165) is 3.57 Å². The van der Waals surface area contributed by atoms with Crippen molar-refractivity contribution in [3.8, 4) is 0 Å². The van der Waals surface area contributed by atoms with Gasteiger partial charge in [-0.15, -0.1) is 0 Å². The van der Waals surface area contributed by atoms with Crippen LogP contribution in [-0.4, -0.2) is 17.6 Å². The SMILES string of the molecule is CCOC(=O)c1cnc2c(Cl)ccc(I)c2c1Cl. The molecule has 0 N–H and O–H groups in total. The largest absolute Gasteiger partial charge is 0.462 e. The molecular formula is C12H8Cl2INO2. The van der Waals surface area contributed by atoms with Crippen molar-refractivity contribution in [3.63, 3.8) is 0 Å². The van der Waals surface area contributed by atoms with E-state index >= 15 is 0 Å². The van der Waals surface area contributed by atoms with Crippen molar-refractivity contribution in [2.45, 2.75) is 6.92 Å². The molecule has 0 radical (unpaired) electrons. The van der Waals surface area contributed by atoms with E-state index in [-0.39, 0.29) is 5.56 Å². The second kappa shape index (κ2) is 5.59. The fourth-order valence-corrected chi connectivity index (χ4v) is 2.94. The first-order chi connectivity index (χ1) is 8.56. The summed E-state index contributed by atoms with van der Waals surface area (Å²) in [6, 6.07) is 3.58. The second-order valence-corrected chi connectivity index (χ2v) is 5.41. The molecule has 0 bridgehead atoms. The third-order valence-electron chi connectivity index (χ3n) is 2.35. The number of esters is 1. The lowest BCUT2D eigenvalue weighted by Crippen LogP contribution is -2.06. The number of pyridine rings is 1. The highest BCUT2D eigenvalue weighted by Crippen LogP contribution is 2.33. The number of carbonyl (C=O) groups is 1. The van der Waals surface area contributed by atoms with E-state index in [2.05, 4.69) is 27.6 Å². The van der Waals surface area contributed by atoms with Gasteiger partial charge in [0.25, 0.3) is 0 Å². The number of halogens is 3. The molecule has 2 aromatic rings. The number of fused-ring (bicyclic) bond motifs is 1. The lowest BCUT2D eigenvalue weighted by Gasteiger charge is -2.08. The van der Waals surface area contributed by atoms with E-state index in [9.17, 15) is 4.79 Å². The number of aromatic nitrogens is 1. The molecule has 94 valence electrons. The Hall–Kier alpha value is -0.590. The molecule has 0 unspecified atom stereocenters. The number of nitrogens with zero attached hydrogens (tertiary/aromatic N) is 1.